The first-order valence-corrected chi connectivity index (χ1v) is 8.95. The van der Waals surface area contributed by atoms with Crippen molar-refractivity contribution in [2.45, 2.75) is 19.9 Å². The third-order valence-electron chi connectivity index (χ3n) is 4.51. The number of carbonyl (C=O) groups excluding carboxylic acids is 1. The number of pyridine rings is 2. The first-order valence-electron chi connectivity index (χ1n) is 8.95. The molecular weight excluding hydrogens is 359 g/mol. The van der Waals surface area contributed by atoms with Crippen LogP contribution in [0.2, 0.25) is 0 Å². The van der Waals surface area contributed by atoms with E-state index in [-0.39, 0.29) is 29.2 Å². The molecule has 0 radical (unpaired) electrons. The second kappa shape index (κ2) is 8.18. The average molecular weight is 382 g/mol. The molecule has 3 rings (SSSR count). The van der Waals surface area contributed by atoms with Gasteiger partial charge in [0.25, 0.3) is 5.91 Å². The Morgan fingerprint density at radius 2 is 1.96 bits per heavy atom. The second-order valence-electron chi connectivity index (χ2n) is 6.93. The van der Waals surface area contributed by atoms with Gasteiger partial charge in [0.1, 0.15) is 5.82 Å². The van der Waals surface area contributed by atoms with Crippen molar-refractivity contribution in [3.63, 3.8) is 0 Å². The lowest BCUT2D eigenvalue weighted by Crippen LogP contribution is -2.34. The summed E-state index contributed by atoms with van der Waals surface area (Å²) in [6.45, 7) is 4.31. The van der Waals surface area contributed by atoms with Gasteiger partial charge >= 0.3 is 0 Å². The molecule has 0 aliphatic heterocycles. The van der Waals surface area contributed by atoms with Gasteiger partial charge < -0.3 is 22.1 Å². The minimum Gasteiger partial charge on any atom is -0.366 e. The van der Waals surface area contributed by atoms with Gasteiger partial charge in [-0.05, 0) is 35.6 Å². The van der Waals surface area contributed by atoms with Crippen molar-refractivity contribution in [1.29, 1.82) is 0 Å². The molecule has 1 amide bonds. The lowest BCUT2D eigenvalue weighted by molar-refractivity contribution is 0.100. The minimum atomic E-state index is -0.774. The molecule has 0 bridgehead atoms. The smallest absolute Gasteiger partial charge is 0.252 e. The van der Waals surface area contributed by atoms with Crippen LogP contribution in [0, 0.1) is 11.7 Å². The molecule has 3 aromatic rings. The number of nitrogens with two attached hydrogens (primary N) is 2. The van der Waals surface area contributed by atoms with Gasteiger partial charge in [-0.25, -0.2) is 9.37 Å². The molecule has 0 saturated heterocycles. The molecule has 146 valence electrons. The quantitative estimate of drug-likeness (QED) is 0.499. The summed E-state index contributed by atoms with van der Waals surface area (Å²) in [5.74, 6) is -1.04. The van der Waals surface area contributed by atoms with Crippen LogP contribution in [0.1, 0.15) is 24.2 Å². The summed E-state index contributed by atoms with van der Waals surface area (Å²) >= 11 is 0. The van der Waals surface area contributed by atoms with Crippen LogP contribution >= 0.6 is 0 Å². The Hall–Kier alpha value is -3.26. The highest BCUT2D eigenvalue weighted by Crippen LogP contribution is 2.26. The normalized spacial score (nSPS) is 12.2. The van der Waals surface area contributed by atoms with E-state index in [2.05, 4.69) is 20.6 Å². The molecule has 7 nitrogen and oxygen atoms in total. The van der Waals surface area contributed by atoms with Crippen molar-refractivity contribution < 1.29 is 9.18 Å². The maximum absolute atomic E-state index is 14.4. The molecule has 1 atom stereocenters. The zero-order chi connectivity index (χ0) is 20.3. The van der Waals surface area contributed by atoms with Crippen LogP contribution in [0.5, 0.6) is 0 Å². The third kappa shape index (κ3) is 4.34. The van der Waals surface area contributed by atoms with Gasteiger partial charge in [-0.1, -0.05) is 19.9 Å². The van der Waals surface area contributed by atoms with Crippen molar-refractivity contribution in [3.05, 3.63) is 54.1 Å². The van der Waals surface area contributed by atoms with Crippen LogP contribution in [-0.2, 0) is 0 Å². The van der Waals surface area contributed by atoms with E-state index in [0.717, 1.165) is 16.8 Å². The number of hydrogen-bond donors (Lipinski definition) is 4. The molecule has 0 aliphatic rings. The van der Waals surface area contributed by atoms with Crippen LogP contribution in [0.3, 0.4) is 0 Å². The maximum Gasteiger partial charge on any atom is 0.252 e. The van der Waals surface area contributed by atoms with E-state index in [9.17, 15) is 9.18 Å². The van der Waals surface area contributed by atoms with Crippen molar-refractivity contribution in [2.24, 2.45) is 17.4 Å². The Bertz CT molecular complexity index is 1010. The molecule has 0 spiro atoms. The van der Waals surface area contributed by atoms with E-state index in [1.54, 1.807) is 12.4 Å². The van der Waals surface area contributed by atoms with Crippen molar-refractivity contribution in [3.8, 4) is 0 Å². The summed E-state index contributed by atoms with van der Waals surface area (Å²) in [5.41, 5.74) is 12.1. The maximum atomic E-state index is 14.4. The number of primary amides is 1. The minimum absolute atomic E-state index is 0.00795. The number of carbonyl (C=O) groups is 1. The Morgan fingerprint density at radius 3 is 2.68 bits per heavy atom. The van der Waals surface area contributed by atoms with E-state index >= 15 is 0 Å². The number of fused-ring (bicyclic) bond motifs is 1. The molecule has 28 heavy (non-hydrogen) atoms. The Balaban J connectivity index is 1.92. The molecule has 0 aliphatic carbocycles. The number of aromatic nitrogens is 2. The molecule has 1 aromatic carbocycles. The number of nitrogens with one attached hydrogen (secondary N) is 2. The second-order valence-corrected chi connectivity index (χ2v) is 6.93. The van der Waals surface area contributed by atoms with Crippen molar-refractivity contribution in [1.82, 2.24) is 9.97 Å². The Labute approximate surface area is 162 Å². The summed E-state index contributed by atoms with van der Waals surface area (Å²) in [6.07, 6.45) is 3.45. The molecular formula is C20H23FN6O. The predicted octanol–water partition coefficient (Wildman–Crippen LogP) is 3.01. The monoisotopic (exact) mass is 382 g/mol. The van der Waals surface area contributed by atoms with E-state index in [0.29, 0.717) is 12.2 Å². The van der Waals surface area contributed by atoms with Gasteiger partial charge in [-0.15, -0.1) is 0 Å². The Morgan fingerprint density at radius 1 is 1.18 bits per heavy atom. The van der Waals surface area contributed by atoms with E-state index < -0.39 is 11.7 Å². The summed E-state index contributed by atoms with van der Waals surface area (Å²) in [4.78, 5) is 20.1. The molecule has 0 saturated carbocycles. The van der Waals surface area contributed by atoms with Crippen LogP contribution < -0.4 is 22.1 Å². The van der Waals surface area contributed by atoms with Crippen LogP contribution in [0.15, 0.2) is 42.7 Å². The van der Waals surface area contributed by atoms with Gasteiger partial charge in [0.05, 0.1) is 5.56 Å². The summed E-state index contributed by atoms with van der Waals surface area (Å²) in [7, 11) is 0. The first kappa shape index (κ1) is 19.5. The summed E-state index contributed by atoms with van der Waals surface area (Å²) < 4.78 is 14.4. The zero-order valence-corrected chi connectivity index (χ0v) is 15.7. The SMILES string of the molecule is CC(C)[C@H](N)CNc1nc(Nc2ccc3cnccc3c2)c(C(N)=O)cc1F. The van der Waals surface area contributed by atoms with Crippen molar-refractivity contribution >= 4 is 34.0 Å². The van der Waals surface area contributed by atoms with Crippen molar-refractivity contribution in [2.75, 3.05) is 17.2 Å². The molecule has 0 fully saturated rings. The number of nitrogens with zero attached hydrogens (tertiary/aromatic N) is 2. The molecule has 8 heteroatoms. The number of halogens is 1. The number of rotatable bonds is 7. The lowest BCUT2D eigenvalue weighted by atomic mass is 10.1. The topological polar surface area (TPSA) is 119 Å². The first-order chi connectivity index (χ1) is 13.3. The molecule has 0 unspecified atom stereocenters. The highest BCUT2D eigenvalue weighted by atomic mass is 19.1. The largest absolute Gasteiger partial charge is 0.366 e. The highest BCUT2D eigenvalue weighted by Gasteiger charge is 2.17. The van der Waals surface area contributed by atoms with Crippen LogP contribution in [-0.4, -0.2) is 28.5 Å². The molecule has 2 aromatic heterocycles. The standard InChI is InChI=1S/C20H23FN6O/c1-11(2)17(22)10-25-20-16(21)8-15(18(23)28)19(27-20)26-14-4-3-13-9-24-6-5-12(13)7-14/h3-9,11,17H,10,22H2,1-2H3,(H2,23,28)(H2,25,26,27)/t17-/m1/s1. The fourth-order valence-electron chi connectivity index (χ4n) is 2.64. The summed E-state index contributed by atoms with van der Waals surface area (Å²) in [5, 5.41) is 7.89. The fourth-order valence-corrected chi connectivity index (χ4v) is 2.64. The predicted molar refractivity (Wildman–Crippen MR) is 109 cm³/mol. The van der Waals surface area contributed by atoms with Crippen LogP contribution in [0.25, 0.3) is 10.8 Å². The van der Waals surface area contributed by atoms with E-state index in [1.165, 1.54) is 0 Å². The summed E-state index contributed by atoms with van der Waals surface area (Å²) in [6, 6.07) is 8.37. The van der Waals surface area contributed by atoms with Gasteiger partial charge in [-0.2, -0.15) is 0 Å². The number of anilines is 3. The molecule has 2 heterocycles. The van der Waals surface area contributed by atoms with E-state index in [4.69, 9.17) is 11.5 Å². The van der Waals surface area contributed by atoms with Crippen LogP contribution in [0.4, 0.5) is 21.7 Å². The van der Waals surface area contributed by atoms with E-state index in [1.807, 2.05) is 38.1 Å². The van der Waals surface area contributed by atoms with Gasteiger partial charge in [0.2, 0.25) is 0 Å². The van der Waals surface area contributed by atoms with Gasteiger partial charge in [0, 0.05) is 36.1 Å². The average Bonchev–Trinajstić information content (AvgIpc) is 2.67. The number of benzene rings is 1. The number of hydrogen-bond acceptors (Lipinski definition) is 6. The zero-order valence-electron chi connectivity index (χ0n) is 15.7. The fraction of sp³-hybridized carbons (Fsp3) is 0.250. The highest BCUT2D eigenvalue weighted by molar-refractivity contribution is 5.99. The molecule has 6 N–H and O–H groups in total. The Kier molecular flexibility index (Phi) is 5.70. The third-order valence-corrected chi connectivity index (χ3v) is 4.51. The number of amides is 1. The lowest BCUT2D eigenvalue weighted by Gasteiger charge is -2.18. The van der Waals surface area contributed by atoms with Gasteiger partial charge in [0.15, 0.2) is 11.6 Å². The van der Waals surface area contributed by atoms with Gasteiger partial charge in [-0.3, -0.25) is 9.78 Å².